The molecule has 1 heterocycles. The summed E-state index contributed by atoms with van der Waals surface area (Å²) in [7, 11) is 3.82. The lowest BCUT2D eigenvalue weighted by Crippen LogP contribution is -2.47. The van der Waals surface area contributed by atoms with Crippen LogP contribution in [-0.4, -0.2) is 57.3 Å². The van der Waals surface area contributed by atoms with E-state index in [2.05, 4.69) is 27.7 Å². The topological polar surface area (TPSA) is 74.9 Å². The SMILES string of the molecule is COCC(C)NC(=NCC1CCN(C)C1)NN. The van der Waals surface area contributed by atoms with Gasteiger partial charge >= 0.3 is 0 Å². The van der Waals surface area contributed by atoms with E-state index in [1.165, 1.54) is 13.0 Å². The molecule has 6 heteroatoms. The number of hydrazine groups is 1. The summed E-state index contributed by atoms with van der Waals surface area (Å²) in [6, 6.07) is 0.195. The Balaban J connectivity index is 2.33. The minimum absolute atomic E-state index is 0.195. The van der Waals surface area contributed by atoms with Crippen LogP contribution in [0, 0.1) is 5.92 Å². The van der Waals surface area contributed by atoms with Gasteiger partial charge in [0.25, 0.3) is 0 Å². The van der Waals surface area contributed by atoms with Crippen molar-refractivity contribution in [2.45, 2.75) is 19.4 Å². The molecule has 0 aromatic heterocycles. The summed E-state index contributed by atoms with van der Waals surface area (Å²) in [5.41, 5.74) is 2.60. The van der Waals surface area contributed by atoms with E-state index < -0.39 is 0 Å². The zero-order valence-corrected chi connectivity index (χ0v) is 11.1. The normalized spacial score (nSPS) is 23.8. The molecule has 6 nitrogen and oxygen atoms in total. The van der Waals surface area contributed by atoms with Gasteiger partial charge in [-0.3, -0.25) is 10.4 Å². The Morgan fingerprint density at radius 2 is 2.41 bits per heavy atom. The maximum absolute atomic E-state index is 5.43. The number of methoxy groups -OCH3 is 1. The van der Waals surface area contributed by atoms with Crippen LogP contribution in [0.3, 0.4) is 0 Å². The first kappa shape index (κ1) is 14.2. The molecule has 1 aliphatic rings. The highest BCUT2D eigenvalue weighted by molar-refractivity contribution is 5.79. The van der Waals surface area contributed by atoms with Crippen molar-refractivity contribution in [3.05, 3.63) is 0 Å². The Bertz CT molecular complexity index is 246. The average molecular weight is 243 g/mol. The van der Waals surface area contributed by atoms with Crippen LogP contribution in [0.4, 0.5) is 0 Å². The molecular formula is C11H25N5O. The van der Waals surface area contributed by atoms with E-state index >= 15 is 0 Å². The summed E-state index contributed by atoms with van der Waals surface area (Å²) in [5, 5.41) is 3.18. The molecule has 0 aromatic carbocycles. The molecule has 0 radical (unpaired) electrons. The Morgan fingerprint density at radius 3 is 2.94 bits per heavy atom. The Morgan fingerprint density at radius 1 is 1.65 bits per heavy atom. The van der Waals surface area contributed by atoms with E-state index in [-0.39, 0.29) is 6.04 Å². The Labute approximate surface area is 104 Å². The standard InChI is InChI=1S/C11H25N5O/c1-9(8-17-3)14-11(15-12)13-6-10-4-5-16(2)7-10/h9-10H,4-8,12H2,1-3H3,(H2,13,14,15). The first-order valence-electron chi connectivity index (χ1n) is 6.10. The van der Waals surface area contributed by atoms with Crippen molar-refractivity contribution in [2.75, 3.05) is 40.4 Å². The van der Waals surface area contributed by atoms with Gasteiger partial charge in [0.05, 0.1) is 6.61 Å². The number of nitrogens with two attached hydrogens (primary N) is 1. The van der Waals surface area contributed by atoms with E-state index in [1.807, 2.05) is 6.92 Å². The molecule has 1 saturated heterocycles. The molecule has 0 bridgehead atoms. The lowest BCUT2D eigenvalue weighted by molar-refractivity contribution is 0.179. The zero-order chi connectivity index (χ0) is 12.7. The van der Waals surface area contributed by atoms with Gasteiger partial charge in [-0.15, -0.1) is 0 Å². The fraction of sp³-hybridized carbons (Fsp3) is 0.909. The number of aliphatic imine (C=N–C) groups is 1. The molecule has 2 atom stereocenters. The monoisotopic (exact) mass is 243 g/mol. The van der Waals surface area contributed by atoms with Crippen LogP contribution in [0.15, 0.2) is 4.99 Å². The van der Waals surface area contributed by atoms with Gasteiger partial charge in [0.15, 0.2) is 0 Å². The fourth-order valence-electron chi connectivity index (χ4n) is 2.05. The van der Waals surface area contributed by atoms with Gasteiger partial charge in [0, 0.05) is 26.2 Å². The van der Waals surface area contributed by atoms with Crippen molar-refractivity contribution in [3.63, 3.8) is 0 Å². The number of hydrogen-bond acceptors (Lipinski definition) is 4. The Kier molecular flexibility index (Phi) is 6.25. The second-order valence-corrected chi connectivity index (χ2v) is 4.75. The molecule has 100 valence electrons. The largest absolute Gasteiger partial charge is 0.383 e. The molecule has 1 rings (SSSR count). The highest BCUT2D eigenvalue weighted by Crippen LogP contribution is 2.13. The van der Waals surface area contributed by atoms with Crippen LogP contribution >= 0.6 is 0 Å². The number of nitrogens with one attached hydrogen (secondary N) is 2. The predicted molar refractivity (Wildman–Crippen MR) is 69.7 cm³/mol. The van der Waals surface area contributed by atoms with Gasteiger partial charge in [0.1, 0.15) is 0 Å². The molecule has 4 N–H and O–H groups in total. The number of likely N-dealkylation sites (tertiary alicyclic amines) is 1. The maximum atomic E-state index is 5.43. The van der Waals surface area contributed by atoms with Crippen molar-refractivity contribution in [1.29, 1.82) is 0 Å². The van der Waals surface area contributed by atoms with E-state index in [9.17, 15) is 0 Å². The Hall–Kier alpha value is -0.850. The molecule has 0 aliphatic carbocycles. The quantitative estimate of drug-likeness (QED) is 0.260. The van der Waals surface area contributed by atoms with Crippen LogP contribution in [0.5, 0.6) is 0 Å². The molecule has 0 aromatic rings. The van der Waals surface area contributed by atoms with Gasteiger partial charge in [-0.25, -0.2) is 5.84 Å². The van der Waals surface area contributed by atoms with Gasteiger partial charge < -0.3 is 15.0 Å². The number of hydrogen-bond donors (Lipinski definition) is 3. The third kappa shape index (κ3) is 5.34. The fourth-order valence-corrected chi connectivity index (χ4v) is 2.05. The third-order valence-corrected chi connectivity index (χ3v) is 2.93. The van der Waals surface area contributed by atoms with Crippen LogP contribution in [0.25, 0.3) is 0 Å². The first-order valence-corrected chi connectivity index (χ1v) is 6.10. The maximum Gasteiger partial charge on any atom is 0.206 e. The number of rotatable bonds is 5. The summed E-state index contributed by atoms with van der Waals surface area (Å²) in [6.07, 6.45) is 1.21. The molecular weight excluding hydrogens is 218 g/mol. The smallest absolute Gasteiger partial charge is 0.206 e. The van der Waals surface area contributed by atoms with Crippen molar-refractivity contribution >= 4 is 5.96 Å². The van der Waals surface area contributed by atoms with Gasteiger partial charge in [-0.1, -0.05) is 0 Å². The van der Waals surface area contributed by atoms with Crippen LogP contribution in [-0.2, 0) is 4.74 Å². The highest BCUT2D eigenvalue weighted by atomic mass is 16.5. The molecule has 1 fully saturated rings. The van der Waals surface area contributed by atoms with E-state index in [0.717, 1.165) is 13.1 Å². The van der Waals surface area contributed by atoms with Gasteiger partial charge in [-0.05, 0) is 32.9 Å². The summed E-state index contributed by atoms with van der Waals surface area (Å²) < 4.78 is 5.05. The van der Waals surface area contributed by atoms with Crippen LogP contribution < -0.4 is 16.6 Å². The lowest BCUT2D eigenvalue weighted by atomic mass is 10.1. The minimum Gasteiger partial charge on any atom is -0.383 e. The summed E-state index contributed by atoms with van der Waals surface area (Å²) in [5.74, 6) is 6.72. The summed E-state index contributed by atoms with van der Waals surface area (Å²) >= 11 is 0. The van der Waals surface area contributed by atoms with E-state index in [4.69, 9.17) is 10.6 Å². The molecule has 0 amide bonds. The van der Waals surface area contributed by atoms with Crippen LogP contribution in [0.2, 0.25) is 0 Å². The van der Waals surface area contributed by atoms with Crippen LogP contribution in [0.1, 0.15) is 13.3 Å². The number of guanidine groups is 1. The lowest BCUT2D eigenvalue weighted by Gasteiger charge is -2.16. The first-order chi connectivity index (χ1) is 8.15. The number of nitrogens with zero attached hydrogens (tertiary/aromatic N) is 2. The van der Waals surface area contributed by atoms with Gasteiger partial charge in [-0.2, -0.15) is 0 Å². The average Bonchev–Trinajstić information content (AvgIpc) is 2.70. The molecule has 2 unspecified atom stereocenters. The van der Waals surface area contributed by atoms with Gasteiger partial charge in [0.2, 0.25) is 5.96 Å². The molecule has 0 spiro atoms. The minimum atomic E-state index is 0.195. The second kappa shape index (κ2) is 7.47. The number of ether oxygens (including phenoxy) is 1. The molecule has 17 heavy (non-hydrogen) atoms. The summed E-state index contributed by atoms with van der Waals surface area (Å²) in [4.78, 5) is 6.80. The van der Waals surface area contributed by atoms with Crippen molar-refractivity contribution < 1.29 is 4.74 Å². The molecule has 0 saturated carbocycles. The van der Waals surface area contributed by atoms with E-state index in [1.54, 1.807) is 7.11 Å². The second-order valence-electron chi connectivity index (χ2n) is 4.75. The summed E-state index contributed by atoms with van der Waals surface area (Å²) in [6.45, 7) is 5.76. The zero-order valence-electron chi connectivity index (χ0n) is 11.1. The highest BCUT2D eigenvalue weighted by Gasteiger charge is 2.18. The van der Waals surface area contributed by atoms with Crippen molar-refractivity contribution in [3.8, 4) is 0 Å². The predicted octanol–water partition coefficient (Wildman–Crippen LogP) is -0.618. The molecule has 1 aliphatic heterocycles. The van der Waals surface area contributed by atoms with E-state index in [0.29, 0.717) is 18.5 Å². The van der Waals surface area contributed by atoms with Crippen molar-refractivity contribution in [2.24, 2.45) is 16.8 Å². The third-order valence-electron chi connectivity index (χ3n) is 2.93. The van der Waals surface area contributed by atoms with Crippen molar-refractivity contribution in [1.82, 2.24) is 15.6 Å².